The van der Waals surface area contributed by atoms with Crippen LogP contribution in [0.5, 0.6) is 0 Å². The number of pyridine rings is 1. The molecule has 1 N–H and O–H groups in total. The van der Waals surface area contributed by atoms with E-state index < -0.39 is 0 Å². The Morgan fingerprint density at radius 2 is 1.84 bits per heavy atom. The Hall–Kier alpha value is -3.94. The summed E-state index contributed by atoms with van der Waals surface area (Å²) in [5.41, 5.74) is 3.58. The molecule has 7 nitrogen and oxygen atoms in total. The number of amides is 2. The Morgan fingerprint density at radius 1 is 1.00 bits per heavy atom. The van der Waals surface area contributed by atoms with Gasteiger partial charge in [0.15, 0.2) is 0 Å². The molecule has 0 saturated carbocycles. The number of halogens is 2. The number of carbonyl (C=O) groups excluding carboxylic acids is 2. The summed E-state index contributed by atoms with van der Waals surface area (Å²) >= 11 is 12.1. The minimum atomic E-state index is -0.364. The first-order valence-electron chi connectivity index (χ1n) is 12.1. The molecule has 38 heavy (non-hydrogen) atoms. The summed E-state index contributed by atoms with van der Waals surface area (Å²) in [6, 6.07) is 23.2. The standard InChI is InChI=1S/C29H24Cl2N4O3/c30-25-10-8-19(13-26(25)31)18-38-34-23-15-24(35(17-23)29(37)20-5-2-1-3-6-20)16-28(36)33-22-9-11-27-21(14-22)7-4-12-32-27/h1-14,24H,15-18H2,(H,33,36)/t24-/m0/s1. The number of aromatic nitrogens is 1. The zero-order valence-electron chi connectivity index (χ0n) is 20.3. The Labute approximate surface area is 230 Å². The number of carbonyl (C=O) groups is 2. The van der Waals surface area contributed by atoms with Crippen LogP contribution in [0.3, 0.4) is 0 Å². The predicted octanol–water partition coefficient (Wildman–Crippen LogP) is 6.36. The molecule has 1 aliphatic rings. The van der Waals surface area contributed by atoms with E-state index in [0.29, 0.717) is 33.4 Å². The largest absolute Gasteiger partial charge is 0.391 e. The molecular formula is C29H24Cl2N4O3. The maximum absolute atomic E-state index is 13.3. The van der Waals surface area contributed by atoms with E-state index in [1.165, 1.54) is 0 Å². The molecule has 0 spiro atoms. The molecule has 2 heterocycles. The number of benzene rings is 3. The van der Waals surface area contributed by atoms with Gasteiger partial charge in [-0.2, -0.15) is 0 Å². The van der Waals surface area contributed by atoms with Crippen molar-refractivity contribution >= 4 is 57.3 Å². The number of anilines is 1. The molecule has 0 bridgehead atoms. The fourth-order valence-corrected chi connectivity index (χ4v) is 4.73. The third-order valence-corrected chi connectivity index (χ3v) is 7.00. The molecule has 0 unspecified atom stereocenters. The van der Waals surface area contributed by atoms with Crippen LogP contribution < -0.4 is 5.32 Å². The van der Waals surface area contributed by atoms with Crippen LogP contribution in [-0.4, -0.2) is 40.0 Å². The van der Waals surface area contributed by atoms with Crippen LogP contribution in [0.15, 0.2) is 90.2 Å². The van der Waals surface area contributed by atoms with Crippen molar-refractivity contribution in [1.82, 2.24) is 9.88 Å². The summed E-state index contributed by atoms with van der Waals surface area (Å²) in [4.78, 5) is 37.9. The fraction of sp³-hybridized carbons (Fsp3) is 0.172. The second kappa shape index (κ2) is 11.6. The Morgan fingerprint density at radius 3 is 2.66 bits per heavy atom. The molecule has 2 amide bonds. The lowest BCUT2D eigenvalue weighted by Gasteiger charge is -2.23. The van der Waals surface area contributed by atoms with E-state index in [9.17, 15) is 9.59 Å². The normalized spacial score (nSPS) is 16.1. The Bertz CT molecular complexity index is 1510. The summed E-state index contributed by atoms with van der Waals surface area (Å²) in [7, 11) is 0. The van der Waals surface area contributed by atoms with E-state index in [0.717, 1.165) is 16.5 Å². The molecule has 0 aliphatic carbocycles. The van der Waals surface area contributed by atoms with Crippen LogP contribution in [-0.2, 0) is 16.2 Å². The van der Waals surface area contributed by atoms with Crippen LogP contribution in [0.2, 0.25) is 10.0 Å². The lowest BCUT2D eigenvalue weighted by atomic mass is 10.1. The monoisotopic (exact) mass is 546 g/mol. The van der Waals surface area contributed by atoms with Gasteiger partial charge < -0.3 is 15.1 Å². The van der Waals surface area contributed by atoms with Gasteiger partial charge in [0.25, 0.3) is 5.91 Å². The van der Waals surface area contributed by atoms with Crippen molar-refractivity contribution in [1.29, 1.82) is 0 Å². The molecule has 9 heteroatoms. The number of fused-ring (bicyclic) bond motifs is 1. The van der Waals surface area contributed by atoms with Crippen LogP contribution in [0.1, 0.15) is 28.8 Å². The number of hydrogen-bond donors (Lipinski definition) is 1. The van der Waals surface area contributed by atoms with E-state index in [-0.39, 0.29) is 37.4 Å². The summed E-state index contributed by atoms with van der Waals surface area (Å²) in [6.07, 6.45) is 2.27. The molecule has 1 aliphatic heterocycles. The van der Waals surface area contributed by atoms with Gasteiger partial charge in [0.05, 0.1) is 27.8 Å². The third-order valence-electron chi connectivity index (χ3n) is 6.26. The van der Waals surface area contributed by atoms with Gasteiger partial charge in [-0.3, -0.25) is 14.6 Å². The van der Waals surface area contributed by atoms with Crippen molar-refractivity contribution in [3.05, 3.63) is 106 Å². The van der Waals surface area contributed by atoms with Gasteiger partial charge in [0, 0.05) is 41.7 Å². The molecule has 192 valence electrons. The summed E-state index contributed by atoms with van der Waals surface area (Å²) in [6.45, 7) is 0.476. The van der Waals surface area contributed by atoms with Crippen LogP contribution >= 0.6 is 23.2 Å². The van der Waals surface area contributed by atoms with Crippen molar-refractivity contribution in [2.75, 3.05) is 11.9 Å². The molecular weight excluding hydrogens is 523 g/mol. The number of likely N-dealkylation sites (tertiary alicyclic amines) is 1. The maximum Gasteiger partial charge on any atom is 0.254 e. The molecule has 0 radical (unpaired) electrons. The molecule has 1 fully saturated rings. The summed E-state index contributed by atoms with van der Waals surface area (Å²) in [5, 5.41) is 9.07. The lowest BCUT2D eigenvalue weighted by Crippen LogP contribution is -2.38. The first-order valence-corrected chi connectivity index (χ1v) is 12.8. The van der Waals surface area contributed by atoms with Gasteiger partial charge in [-0.25, -0.2) is 0 Å². The summed E-state index contributed by atoms with van der Waals surface area (Å²) < 4.78 is 0. The molecule has 1 atom stereocenters. The van der Waals surface area contributed by atoms with E-state index in [4.69, 9.17) is 28.0 Å². The highest BCUT2D eigenvalue weighted by atomic mass is 35.5. The van der Waals surface area contributed by atoms with Crippen molar-refractivity contribution in [3.8, 4) is 0 Å². The highest BCUT2D eigenvalue weighted by Gasteiger charge is 2.35. The first kappa shape index (κ1) is 25.7. The minimum Gasteiger partial charge on any atom is -0.391 e. The van der Waals surface area contributed by atoms with Gasteiger partial charge in [-0.05, 0) is 54.1 Å². The first-order chi connectivity index (χ1) is 18.5. The average molecular weight is 547 g/mol. The van der Waals surface area contributed by atoms with E-state index in [2.05, 4.69) is 15.5 Å². The third kappa shape index (κ3) is 6.13. The molecule has 4 aromatic rings. The van der Waals surface area contributed by atoms with E-state index >= 15 is 0 Å². The highest BCUT2D eigenvalue weighted by Crippen LogP contribution is 2.25. The van der Waals surface area contributed by atoms with E-state index in [1.54, 1.807) is 35.4 Å². The van der Waals surface area contributed by atoms with Gasteiger partial charge in [0.1, 0.15) is 6.61 Å². The number of nitrogens with zero attached hydrogens (tertiary/aromatic N) is 3. The van der Waals surface area contributed by atoms with Gasteiger partial charge in [-0.1, -0.05) is 58.7 Å². The smallest absolute Gasteiger partial charge is 0.254 e. The second-order valence-electron chi connectivity index (χ2n) is 9.00. The van der Waals surface area contributed by atoms with Gasteiger partial charge >= 0.3 is 0 Å². The quantitative estimate of drug-likeness (QED) is 0.273. The van der Waals surface area contributed by atoms with Crippen LogP contribution in [0.4, 0.5) is 5.69 Å². The number of oxime groups is 1. The zero-order chi connectivity index (χ0) is 26.5. The number of nitrogens with one attached hydrogen (secondary N) is 1. The molecule has 1 aromatic heterocycles. The average Bonchev–Trinajstić information content (AvgIpc) is 3.32. The van der Waals surface area contributed by atoms with Crippen molar-refractivity contribution in [2.45, 2.75) is 25.5 Å². The van der Waals surface area contributed by atoms with Crippen LogP contribution in [0.25, 0.3) is 10.9 Å². The topological polar surface area (TPSA) is 83.9 Å². The lowest BCUT2D eigenvalue weighted by molar-refractivity contribution is -0.117. The summed E-state index contributed by atoms with van der Waals surface area (Å²) in [5.74, 6) is -0.350. The zero-order valence-corrected chi connectivity index (χ0v) is 21.8. The Balaban J connectivity index is 1.29. The van der Waals surface area contributed by atoms with Gasteiger partial charge in [-0.15, -0.1) is 0 Å². The fourth-order valence-electron chi connectivity index (χ4n) is 4.41. The van der Waals surface area contributed by atoms with Gasteiger partial charge in [0.2, 0.25) is 5.91 Å². The molecule has 3 aromatic carbocycles. The van der Waals surface area contributed by atoms with E-state index in [1.807, 2.05) is 54.6 Å². The van der Waals surface area contributed by atoms with Crippen molar-refractivity contribution in [3.63, 3.8) is 0 Å². The van der Waals surface area contributed by atoms with Crippen molar-refractivity contribution in [2.24, 2.45) is 5.16 Å². The second-order valence-corrected chi connectivity index (χ2v) is 9.81. The number of hydrogen-bond acceptors (Lipinski definition) is 5. The highest BCUT2D eigenvalue weighted by molar-refractivity contribution is 6.42. The minimum absolute atomic E-state index is 0.120. The predicted molar refractivity (Wildman–Crippen MR) is 150 cm³/mol. The molecule has 1 saturated heterocycles. The van der Waals surface area contributed by atoms with Crippen molar-refractivity contribution < 1.29 is 14.4 Å². The van der Waals surface area contributed by atoms with Crippen LogP contribution in [0, 0.1) is 0 Å². The Kier molecular flexibility index (Phi) is 7.86. The number of rotatable bonds is 7. The molecule has 5 rings (SSSR count). The maximum atomic E-state index is 13.3. The SMILES string of the molecule is O=C(C[C@@H]1CC(=NOCc2ccc(Cl)c(Cl)c2)CN1C(=O)c1ccccc1)Nc1ccc2ncccc2c1.